The highest BCUT2D eigenvalue weighted by Gasteiger charge is 2.17. The van der Waals surface area contributed by atoms with Crippen molar-refractivity contribution in [3.8, 4) is 5.75 Å². The van der Waals surface area contributed by atoms with Crippen LogP contribution in [0.25, 0.3) is 10.8 Å². The van der Waals surface area contributed by atoms with E-state index in [1.165, 1.54) is 19.2 Å². The first-order valence-corrected chi connectivity index (χ1v) is 7.76. The summed E-state index contributed by atoms with van der Waals surface area (Å²) in [6, 6.07) is 4.94. The molecule has 0 amide bonds. The number of phenols is 1. The van der Waals surface area contributed by atoms with Crippen molar-refractivity contribution in [2.45, 2.75) is 9.79 Å². The Morgan fingerprint density at radius 1 is 1.30 bits per heavy atom. The number of hydrogen-bond donors (Lipinski definition) is 3. The van der Waals surface area contributed by atoms with Crippen molar-refractivity contribution in [1.29, 1.82) is 0 Å². The van der Waals surface area contributed by atoms with Gasteiger partial charge < -0.3 is 10.8 Å². The van der Waals surface area contributed by atoms with E-state index < -0.39 is 26.9 Å². The molecule has 1 atom stereocenters. The zero-order valence-corrected chi connectivity index (χ0v) is 11.9. The number of fused-ring (bicyclic) bond motifs is 1. The second-order valence-electron chi connectivity index (χ2n) is 3.90. The van der Waals surface area contributed by atoms with Crippen molar-refractivity contribution < 1.29 is 26.5 Å². The first-order valence-electron chi connectivity index (χ1n) is 5.24. The summed E-state index contributed by atoms with van der Waals surface area (Å²) in [7, 11) is -3.18. The minimum atomic E-state index is -4.37. The normalized spacial score (nSPS) is 13.5. The number of benzene rings is 2. The lowest BCUT2D eigenvalue weighted by Crippen LogP contribution is -2.00. The van der Waals surface area contributed by atoms with Crippen LogP contribution in [0.15, 0.2) is 34.1 Å². The predicted molar refractivity (Wildman–Crippen MR) is 73.3 cm³/mol. The molecule has 9 heteroatoms. The van der Waals surface area contributed by atoms with Crippen LogP contribution in [0.4, 0.5) is 5.69 Å². The lowest BCUT2D eigenvalue weighted by atomic mass is 10.1. The lowest BCUT2D eigenvalue weighted by molar-refractivity contribution is 0.432. The Labute approximate surface area is 117 Å². The highest BCUT2D eigenvalue weighted by molar-refractivity contribution is 7.85. The van der Waals surface area contributed by atoms with E-state index in [0.29, 0.717) is 10.8 Å². The van der Waals surface area contributed by atoms with E-state index in [-0.39, 0.29) is 15.5 Å². The van der Waals surface area contributed by atoms with Crippen molar-refractivity contribution >= 4 is 37.7 Å². The van der Waals surface area contributed by atoms with Gasteiger partial charge in [-0.2, -0.15) is 8.42 Å². The zero-order chi connectivity index (χ0) is 15.1. The van der Waals surface area contributed by atoms with Crippen LogP contribution in [0.1, 0.15) is 0 Å². The number of anilines is 1. The molecule has 4 N–H and O–H groups in total. The van der Waals surface area contributed by atoms with E-state index in [0.717, 1.165) is 12.1 Å². The number of hydrogen-bond acceptors (Lipinski definition) is 6. The topological polar surface area (TPSA) is 127 Å². The Hall–Kier alpha value is -1.68. The average Bonchev–Trinajstić information content (AvgIpc) is 2.40. The SMILES string of the molecule is COS(=O)c1cc2cc(S(=O)(=O)O)ccc2c(N)c1O. The molecule has 0 spiro atoms. The Kier molecular flexibility index (Phi) is 3.69. The summed E-state index contributed by atoms with van der Waals surface area (Å²) in [5, 5.41) is 10.5. The fourth-order valence-corrected chi connectivity index (χ4v) is 2.94. The molecule has 0 aromatic heterocycles. The van der Waals surface area contributed by atoms with Gasteiger partial charge in [0.1, 0.15) is 4.90 Å². The molecule has 0 aliphatic carbocycles. The van der Waals surface area contributed by atoms with Gasteiger partial charge in [-0.25, -0.2) is 4.21 Å². The van der Waals surface area contributed by atoms with Gasteiger partial charge in [-0.1, -0.05) is 6.07 Å². The molecule has 1 unspecified atom stereocenters. The largest absolute Gasteiger partial charge is 0.504 e. The molecule has 2 aromatic rings. The van der Waals surface area contributed by atoms with Crippen molar-refractivity contribution in [2.75, 3.05) is 12.8 Å². The molecule has 0 radical (unpaired) electrons. The third-order valence-electron chi connectivity index (χ3n) is 2.72. The van der Waals surface area contributed by atoms with E-state index in [9.17, 15) is 17.7 Å². The van der Waals surface area contributed by atoms with Crippen LogP contribution < -0.4 is 5.73 Å². The maximum absolute atomic E-state index is 11.6. The molecule has 0 bridgehead atoms. The van der Waals surface area contributed by atoms with Crippen LogP contribution in [0.3, 0.4) is 0 Å². The number of rotatable bonds is 3. The van der Waals surface area contributed by atoms with Gasteiger partial charge in [-0.05, 0) is 23.6 Å². The summed E-state index contributed by atoms with van der Waals surface area (Å²) in [6.45, 7) is 0. The summed E-state index contributed by atoms with van der Waals surface area (Å²) < 4.78 is 47.4. The number of nitrogen functional groups attached to an aromatic ring is 1. The summed E-state index contributed by atoms with van der Waals surface area (Å²) in [6.07, 6.45) is 0. The highest BCUT2D eigenvalue weighted by atomic mass is 32.2. The van der Waals surface area contributed by atoms with Gasteiger partial charge in [0, 0.05) is 5.39 Å². The maximum atomic E-state index is 11.6. The second-order valence-corrected chi connectivity index (χ2v) is 6.56. The molecule has 0 fully saturated rings. The molecule has 2 aromatic carbocycles. The van der Waals surface area contributed by atoms with Crippen LogP contribution >= 0.6 is 0 Å². The molecule has 0 saturated carbocycles. The standard InChI is InChI=1S/C11H11NO6S2/c1-18-19(14)9-5-6-4-7(20(15,16)17)2-3-8(6)10(12)11(9)13/h2-5,13H,12H2,1H3,(H,15,16,17). The summed E-state index contributed by atoms with van der Waals surface area (Å²) in [5.74, 6) is -0.391. The minimum Gasteiger partial charge on any atom is -0.504 e. The smallest absolute Gasteiger partial charge is 0.294 e. The summed E-state index contributed by atoms with van der Waals surface area (Å²) in [4.78, 5) is -0.408. The van der Waals surface area contributed by atoms with Crippen molar-refractivity contribution in [1.82, 2.24) is 0 Å². The molecule has 7 nitrogen and oxygen atoms in total. The van der Waals surface area contributed by atoms with Gasteiger partial charge >= 0.3 is 0 Å². The number of aromatic hydroxyl groups is 1. The van der Waals surface area contributed by atoms with Crippen LogP contribution in [0, 0.1) is 0 Å². The van der Waals surface area contributed by atoms with Crippen molar-refractivity contribution in [3.63, 3.8) is 0 Å². The Bertz CT molecular complexity index is 815. The van der Waals surface area contributed by atoms with E-state index in [1.54, 1.807) is 0 Å². The van der Waals surface area contributed by atoms with Gasteiger partial charge in [0.2, 0.25) is 0 Å². The fraction of sp³-hybridized carbons (Fsp3) is 0.0909. The quantitative estimate of drug-likeness (QED) is 0.438. The van der Waals surface area contributed by atoms with Crippen LogP contribution in [0.5, 0.6) is 5.75 Å². The third kappa shape index (κ3) is 2.48. The average molecular weight is 317 g/mol. The summed E-state index contributed by atoms with van der Waals surface area (Å²) in [5.41, 5.74) is 5.67. The molecular formula is C11H11NO6S2. The second kappa shape index (κ2) is 5.02. The van der Waals surface area contributed by atoms with Gasteiger partial charge in [-0.3, -0.25) is 8.74 Å². The Morgan fingerprint density at radius 2 is 1.95 bits per heavy atom. The predicted octanol–water partition coefficient (Wildman–Crippen LogP) is 1.04. The number of nitrogens with two attached hydrogens (primary N) is 1. The monoisotopic (exact) mass is 317 g/mol. The van der Waals surface area contributed by atoms with Gasteiger partial charge in [-0.15, -0.1) is 0 Å². The van der Waals surface area contributed by atoms with E-state index >= 15 is 0 Å². The first-order chi connectivity index (χ1) is 9.25. The van der Waals surface area contributed by atoms with E-state index in [2.05, 4.69) is 4.18 Å². The van der Waals surface area contributed by atoms with Crippen LogP contribution in [-0.4, -0.2) is 29.4 Å². The van der Waals surface area contributed by atoms with Crippen LogP contribution in [0.2, 0.25) is 0 Å². The Balaban J connectivity index is 2.82. The zero-order valence-electron chi connectivity index (χ0n) is 10.2. The van der Waals surface area contributed by atoms with Crippen molar-refractivity contribution in [3.05, 3.63) is 24.3 Å². The Morgan fingerprint density at radius 3 is 2.50 bits per heavy atom. The van der Waals surface area contributed by atoms with Crippen LogP contribution in [-0.2, 0) is 25.4 Å². The van der Waals surface area contributed by atoms with Gasteiger partial charge in [0.05, 0.1) is 17.7 Å². The molecule has 20 heavy (non-hydrogen) atoms. The maximum Gasteiger partial charge on any atom is 0.294 e. The number of phenolic OH excluding ortho intramolecular Hbond substituents is 1. The van der Waals surface area contributed by atoms with Gasteiger partial charge in [0.25, 0.3) is 10.1 Å². The fourth-order valence-electron chi connectivity index (χ4n) is 1.75. The molecule has 0 heterocycles. The molecule has 0 aliphatic heterocycles. The van der Waals surface area contributed by atoms with Crippen molar-refractivity contribution in [2.24, 2.45) is 0 Å². The van der Waals surface area contributed by atoms with E-state index in [4.69, 9.17) is 10.3 Å². The van der Waals surface area contributed by atoms with E-state index in [1.807, 2.05) is 0 Å². The highest BCUT2D eigenvalue weighted by Crippen LogP contribution is 2.36. The third-order valence-corrected chi connectivity index (χ3v) is 4.54. The molecule has 0 saturated heterocycles. The first kappa shape index (κ1) is 14.7. The molecule has 2 rings (SSSR count). The van der Waals surface area contributed by atoms with Gasteiger partial charge in [0.15, 0.2) is 16.8 Å². The minimum absolute atomic E-state index is 0.0511. The molecule has 108 valence electrons. The lowest BCUT2D eigenvalue weighted by Gasteiger charge is -2.10. The molecule has 0 aliphatic rings. The summed E-state index contributed by atoms with van der Waals surface area (Å²) >= 11 is -1.94. The molecular weight excluding hydrogens is 306 g/mol.